The Labute approximate surface area is 172 Å². The lowest BCUT2D eigenvalue weighted by Crippen LogP contribution is -2.41. The van der Waals surface area contributed by atoms with Crippen molar-refractivity contribution in [2.24, 2.45) is 0 Å². The molecule has 0 bridgehead atoms. The maximum absolute atomic E-state index is 12.7. The van der Waals surface area contributed by atoms with Crippen LogP contribution in [0.25, 0.3) is 0 Å². The van der Waals surface area contributed by atoms with Crippen molar-refractivity contribution in [1.82, 2.24) is 9.88 Å². The predicted molar refractivity (Wildman–Crippen MR) is 107 cm³/mol. The van der Waals surface area contributed by atoms with E-state index in [1.54, 1.807) is 30.3 Å². The van der Waals surface area contributed by atoms with E-state index in [0.717, 1.165) is 10.9 Å². The third-order valence-corrected chi connectivity index (χ3v) is 6.13. The van der Waals surface area contributed by atoms with E-state index in [1.807, 2.05) is 0 Å². The monoisotopic (exact) mass is 497 g/mol. The second kappa shape index (κ2) is 8.26. The van der Waals surface area contributed by atoms with Crippen molar-refractivity contribution in [3.63, 3.8) is 0 Å². The first-order valence-electron chi connectivity index (χ1n) is 8.25. The Morgan fingerprint density at radius 1 is 1.22 bits per heavy atom. The van der Waals surface area contributed by atoms with Crippen LogP contribution in [0.1, 0.15) is 33.7 Å². The molecule has 2 heterocycles. The molecule has 0 aliphatic carbocycles. The van der Waals surface area contributed by atoms with Gasteiger partial charge in [0, 0.05) is 17.8 Å². The van der Waals surface area contributed by atoms with Gasteiger partial charge in [0.15, 0.2) is 0 Å². The fraction of sp³-hybridized carbons (Fsp3) is 0.278. The van der Waals surface area contributed by atoms with E-state index in [0.29, 0.717) is 34.5 Å². The van der Waals surface area contributed by atoms with Crippen molar-refractivity contribution in [3.05, 3.63) is 50.7 Å². The van der Waals surface area contributed by atoms with Crippen LogP contribution < -0.4 is 5.32 Å². The molecule has 2 amide bonds. The minimum Gasteiger partial charge on any atom is -0.467 e. The van der Waals surface area contributed by atoms with Gasteiger partial charge in [-0.05, 0) is 75.0 Å². The van der Waals surface area contributed by atoms with Gasteiger partial charge in [-0.25, -0.2) is 4.79 Å². The van der Waals surface area contributed by atoms with Crippen molar-refractivity contribution < 1.29 is 19.1 Å². The number of H-pyrrole nitrogens is 1. The number of aromatic nitrogens is 1. The lowest BCUT2D eigenvalue weighted by Gasteiger charge is -2.22. The molecule has 1 aromatic heterocycles. The quantitative estimate of drug-likeness (QED) is 0.630. The Balaban J connectivity index is 1.68. The van der Waals surface area contributed by atoms with Gasteiger partial charge >= 0.3 is 5.97 Å². The number of aromatic amines is 1. The molecule has 142 valence electrons. The maximum Gasteiger partial charge on any atom is 0.328 e. The lowest BCUT2D eigenvalue weighted by molar-refractivity contribution is -0.145. The molecule has 3 rings (SSSR count). The molecule has 0 unspecified atom stereocenters. The summed E-state index contributed by atoms with van der Waals surface area (Å²) in [5.74, 6) is -0.920. The van der Waals surface area contributed by atoms with Gasteiger partial charge in [-0.3, -0.25) is 9.59 Å². The Hall–Kier alpha value is -2.13. The number of likely N-dealkylation sites (tertiary alicyclic amines) is 1. The number of halogens is 2. The number of benzene rings is 1. The van der Waals surface area contributed by atoms with Crippen LogP contribution in [-0.2, 0) is 9.53 Å². The van der Waals surface area contributed by atoms with E-state index in [4.69, 9.17) is 4.74 Å². The van der Waals surface area contributed by atoms with Crippen LogP contribution in [0.2, 0.25) is 0 Å². The van der Waals surface area contributed by atoms with E-state index in [-0.39, 0.29) is 11.8 Å². The largest absolute Gasteiger partial charge is 0.467 e. The van der Waals surface area contributed by atoms with Crippen LogP contribution in [0.4, 0.5) is 5.69 Å². The minimum atomic E-state index is -0.536. The summed E-state index contributed by atoms with van der Waals surface area (Å²) in [7, 11) is 1.32. The molecule has 9 heteroatoms. The lowest BCUT2D eigenvalue weighted by atomic mass is 10.1. The highest BCUT2D eigenvalue weighted by Gasteiger charge is 2.35. The zero-order chi connectivity index (χ0) is 19.6. The van der Waals surface area contributed by atoms with Crippen LogP contribution in [0, 0.1) is 0 Å². The maximum atomic E-state index is 12.7. The number of hydrogen-bond donors (Lipinski definition) is 2. The number of carbonyl (C=O) groups excluding carboxylic acids is 3. The fourth-order valence-corrected chi connectivity index (χ4v) is 3.63. The highest BCUT2D eigenvalue weighted by atomic mass is 79.9. The standard InChI is InChI=1S/C18H17Br2N3O4/c1-27-18(26)14-3-2-8-23(14)17(25)10-4-6-11(7-5-10)21-16(24)13-9-12(19)15(20)22-13/h4-7,9,14,22H,2-3,8H2,1H3,(H,21,24)/t14-/m0/s1. The van der Waals surface area contributed by atoms with Gasteiger partial charge < -0.3 is 19.9 Å². The van der Waals surface area contributed by atoms with Crippen LogP contribution >= 0.6 is 31.9 Å². The SMILES string of the molecule is COC(=O)[C@@H]1CCCN1C(=O)c1ccc(NC(=O)c2cc(Br)c(Br)[nH]2)cc1. The Morgan fingerprint density at radius 2 is 1.93 bits per heavy atom. The normalized spacial score (nSPS) is 16.3. The molecule has 2 N–H and O–H groups in total. The first-order chi connectivity index (χ1) is 12.9. The molecule has 1 saturated heterocycles. The van der Waals surface area contributed by atoms with E-state index in [1.165, 1.54) is 12.0 Å². The van der Waals surface area contributed by atoms with Crippen molar-refractivity contribution >= 4 is 55.3 Å². The molecular weight excluding hydrogens is 482 g/mol. The molecule has 0 saturated carbocycles. The predicted octanol–water partition coefficient (Wildman–Crippen LogP) is 3.57. The number of carbonyl (C=O) groups is 3. The summed E-state index contributed by atoms with van der Waals surface area (Å²) in [6.45, 7) is 0.521. The summed E-state index contributed by atoms with van der Waals surface area (Å²) in [6.07, 6.45) is 1.37. The van der Waals surface area contributed by atoms with E-state index < -0.39 is 12.0 Å². The molecule has 1 aliphatic rings. The number of ether oxygens (including phenoxy) is 1. The van der Waals surface area contributed by atoms with Crippen LogP contribution in [0.3, 0.4) is 0 Å². The Morgan fingerprint density at radius 3 is 2.52 bits per heavy atom. The number of hydrogen-bond acceptors (Lipinski definition) is 4. The summed E-state index contributed by atoms with van der Waals surface area (Å²) < 4.78 is 6.20. The Bertz CT molecular complexity index is 860. The molecule has 1 aliphatic heterocycles. The van der Waals surface area contributed by atoms with Gasteiger partial charge in [-0.1, -0.05) is 0 Å². The van der Waals surface area contributed by atoms with E-state index in [2.05, 4.69) is 42.2 Å². The van der Waals surface area contributed by atoms with Crippen LogP contribution in [0.15, 0.2) is 39.4 Å². The number of esters is 1. The third-order valence-electron chi connectivity index (χ3n) is 4.35. The fourth-order valence-electron chi connectivity index (χ4n) is 2.98. The number of amides is 2. The van der Waals surface area contributed by atoms with E-state index in [9.17, 15) is 14.4 Å². The van der Waals surface area contributed by atoms with Gasteiger partial charge in [-0.15, -0.1) is 0 Å². The van der Waals surface area contributed by atoms with Gasteiger partial charge in [0.2, 0.25) is 0 Å². The van der Waals surface area contributed by atoms with Crippen molar-refractivity contribution in [3.8, 4) is 0 Å². The zero-order valence-corrected chi connectivity index (χ0v) is 17.6. The summed E-state index contributed by atoms with van der Waals surface area (Å²) in [5.41, 5.74) is 1.41. The molecule has 0 radical (unpaired) electrons. The molecule has 7 nitrogen and oxygen atoms in total. The van der Waals surface area contributed by atoms with Crippen LogP contribution in [0.5, 0.6) is 0 Å². The van der Waals surface area contributed by atoms with Gasteiger partial charge in [0.1, 0.15) is 11.7 Å². The first-order valence-corrected chi connectivity index (χ1v) is 9.83. The Kier molecular flexibility index (Phi) is 6.01. The summed E-state index contributed by atoms with van der Waals surface area (Å²) in [5, 5.41) is 2.76. The van der Waals surface area contributed by atoms with Crippen molar-refractivity contribution in [1.29, 1.82) is 0 Å². The number of nitrogens with one attached hydrogen (secondary N) is 2. The van der Waals surface area contributed by atoms with E-state index >= 15 is 0 Å². The molecule has 0 spiro atoms. The summed E-state index contributed by atoms with van der Waals surface area (Å²) in [4.78, 5) is 41.2. The van der Waals surface area contributed by atoms with Gasteiger partial charge in [-0.2, -0.15) is 0 Å². The second-order valence-electron chi connectivity index (χ2n) is 6.06. The first kappa shape index (κ1) is 19.6. The average molecular weight is 499 g/mol. The molecule has 1 atom stereocenters. The number of methoxy groups -OCH3 is 1. The third kappa shape index (κ3) is 4.24. The highest BCUT2D eigenvalue weighted by molar-refractivity contribution is 9.13. The van der Waals surface area contributed by atoms with Gasteiger partial charge in [0.25, 0.3) is 11.8 Å². The molecular formula is C18H17Br2N3O4. The molecule has 2 aromatic rings. The summed E-state index contributed by atoms with van der Waals surface area (Å²) in [6, 6.07) is 7.70. The topological polar surface area (TPSA) is 91.5 Å². The van der Waals surface area contributed by atoms with Crippen molar-refractivity contribution in [2.75, 3.05) is 19.0 Å². The van der Waals surface area contributed by atoms with Crippen molar-refractivity contribution in [2.45, 2.75) is 18.9 Å². The minimum absolute atomic E-state index is 0.224. The van der Waals surface area contributed by atoms with Crippen LogP contribution in [-0.4, -0.2) is 47.4 Å². The molecule has 1 aromatic carbocycles. The smallest absolute Gasteiger partial charge is 0.328 e. The van der Waals surface area contributed by atoms with Gasteiger partial charge in [0.05, 0.1) is 16.2 Å². The average Bonchev–Trinajstić information content (AvgIpc) is 3.28. The summed E-state index contributed by atoms with van der Waals surface area (Å²) >= 11 is 6.60. The molecule has 1 fully saturated rings. The molecule has 27 heavy (non-hydrogen) atoms. The zero-order valence-electron chi connectivity index (χ0n) is 14.4. The second-order valence-corrected chi connectivity index (χ2v) is 7.70. The number of nitrogens with zero attached hydrogens (tertiary/aromatic N) is 1. The number of rotatable bonds is 4. The number of anilines is 1. The highest BCUT2D eigenvalue weighted by Crippen LogP contribution is 2.24.